The molecule has 4 aromatic rings. The molecule has 0 bridgehead atoms. The summed E-state index contributed by atoms with van der Waals surface area (Å²) in [6.45, 7) is 6.36. The molecule has 2 aromatic heterocycles. The van der Waals surface area contributed by atoms with Gasteiger partial charge < -0.3 is 29.2 Å². The molecule has 0 radical (unpaired) electrons. The lowest BCUT2D eigenvalue weighted by Gasteiger charge is -2.23. The number of methoxy groups -OCH3 is 1. The lowest BCUT2D eigenvalue weighted by molar-refractivity contribution is -0.149. The van der Waals surface area contributed by atoms with E-state index in [9.17, 15) is 23.4 Å². The van der Waals surface area contributed by atoms with Crippen molar-refractivity contribution >= 4 is 21.8 Å². The fourth-order valence-corrected chi connectivity index (χ4v) is 5.04. The number of hydrogen-bond donors (Lipinski definition) is 3. The molecule has 0 saturated carbocycles. The zero-order valence-corrected chi connectivity index (χ0v) is 28.2. The predicted molar refractivity (Wildman–Crippen MR) is 175 cm³/mol. The number of aliphatic hydroxyl groups excluding tert-OH is 2. The molecule has 0 aliphatic rings. The molecule has 48 heavy (non-hydrogen) atoms. The van der Waals surface area contributed by atoms with Crippen molar-refractivity contribution in [1.29, 1.82) is 0 Å². The number of esters is 1. The van der Waals surface area contributed by atoms with Crippen molar-refractivity contribution in [2.45, 2.75) is 44.4 Å². The lowest BCUT2D eigenvalue weighted by Crippen LogP contribution is -2.33. The Balaban J connectivity index is 1.75. The summed E-state index contributed by atoms with van der Waals surface area (Å²) in [7, 11) is -2.80. The van der Waals surface area contributed by atoms with Crippen LogP contribution in [0.15, 0.2) is 71.9 Å². The number of benzene rings is 2. The number of hydrogen-bond acceptors (Lipinski definition) is 13. The molecule has 0 spiro atoms. The van der Waals surface area contributed by atoms with E-state index < -0.39 is 21.4 Å². The molecule has 3 N–H and O–H groups in total. The summed E-state index contributed by atoms with van der Waals surface area (Å²) >= 11 is 0. The smallest absolute Gasteiger partial charge is 0.309 e. The van der Waals surface area contributed by atoms with Crippen molar-refractivity contribution in [3.8, 4) is 34.8 Å². The van der Waals surface area contributed by atoms with Crippen LogP contribution in [0.1, 0.15) is 39.7 Å². The van der Waals surface area contributed by atoms with Crippen molar-refractivity contribution < 1.29 is 42.4 Å². The third-order valence-electron chi connectivity index (χ3n) is 7.03. The Kier molecular flexibility index (Phi) is 11.5. The summed E-state index contributed by atoms with van der Waals surface area (Å²) in [6, 6.07) is 14.7. The molecule has 256 valence electrons. The quantitative estimate of drug-likeness (QED) is 0.152. The van der Waals surface area contributed by atoms with Gasteiger partial charge in [0.15, 0.2) is 23.1 Å². The Morgan fingerprint density at radius 3 is 2.12 bits per heavy atom. The summed E-state index contributed by atoms with van der Waals surface area (Å²) in [5.74, 6) is -0.939. The Morgan fingerprint density at radius 1 is 0.875 bits per heavy atom. The maximum atomic E-state index is 13.7. The van der Waals surface area contributed by atoms with Gasteiger partial charge in [-0.15, -0.1) is 0 Å². The Hall–Kier alpha value is -4.86. The number of aromatic nitrogens is 4. The van der Waals surface area contributed by atoms with E-state index in [4.69, 9.17) is 18.9 Å². The van der Waals surface area contributed by atoms with E-state index in [2.05, 4.69) is 24.7 Å². The number of para-hydroxylation sites is 2. The minimum absolute atomic E-state index is 0.0298. The number of carbonyl (C=O) groups is 1. The van der Waals surface area contributed by atoms with Crippen molar-refractivity contribution in [3.63, 3.8) is 0 Å². The van der Waals surface area contributed by atoms with Gasteiger partial charge in [0, 0.05) is 17.8 Å². The van der Waals surface area contributed by atoms with E-state index in [0.717, 1.165) is 5.56 Å². The third kappa shape index (κ3) is 9.14. The molecular formula is C33H39N5O9S. The van der Waals surface area contributed by atoms with Crippen LogP contribution in [0.3, 0.4) is 0 Å². The van der Waals surface area contributed by atoms with Crippen molar-refractivity contribution in [2.24, 2.45) is 5.41 Å². The van der Waals surface area contributed by atoms with E-state index in [1.54, 1.807) is 49.4 Å². The first kappa shape index (κ1) is 36.0. The van der Waals surface area contributed by atoms with Gasteiger partial charge in [-0.05, 0) is 41.3 Å². The monoisotopic (exact) mass is 681 g/mol. The van der Waals surface area contributed by atoms with Crippen LogP contribution in [0.2, 0.25) is 0 Å². The van der Waals surface area contributed by atoms with Gasteiger partial charge >= 0.3 is 5.97 Å². The minimum atomic E-state index is -4.25. The number of ether oxygens (including phenoxy) is 4. The second kappa shape index (κ2) is 15.4. The number of nitrogens with zero attached hydrogens (tertiary/aromatic N) is 4. The highest BCUT2D eigenvalue weighted by atomic mass is 32.2. The van der Waals surface area contributed by atoms with Crippen molar-refractivity contribution in [2.75, 3.05) is 38.3 Å². The molecule has 2 heterocycles. The van der Waals surface area contributed by atoms with Crippen molar-refractivity contribution in [1.82, 2.24) is 19.9 Å². The van der Waals surface area contributed by atoms with Gasteiger partial charge in [-0.2, -0.15) is 4.98 Å². The van der Waals surface area contributed by atoms with E-state index in [0.29, 0.717) is 5.75 Å². The van der Waals surface area contributed by atoms with E-state index in [-0.39, 0.29) is 78.0 Å². The van der Waals surface area contributed by atoms with Crippen LogP contribution < -0.4 is 18.9 Å². The second-order valence-electron chi connectivity index (χ2n) is 12.1. The summed E-state index contributed by atoms with van der Waals surface area (Å²) in [4.78, 5) is 29.7. The first-order valence-corrected chi connectivity index (χ1v) is 16.4. The molecule has 0 saturated heterocycles. The summed E-state index contributed by atoms with van der Waals surface area (Å²) in [5, 5.41) is 19.0. The van der Waals surface area contributed by atoms with Gasteiger partial charge in [0.2, 0.25) is 11.6 Å². The standard InChI is InChI=1S/C33H39N5O9S/c1-32(2,3)22-11-13-23(14-12-22)48(42,43)38-28-27(47-25-10-7-6-9-24(25)44-5)31(37-30(36-28)29-34-16-8-17-35-29)45-18-15-26(41)46-21-33(4,19-39)20-40/h6-14,16-17,39-40H,15,18-21H2,1-5H3,(H,36,37,38). The first-order chi connectivity index (χ1) is 22.8. The number of anilines is 1. The second-order valence-corrected chi connectivity index (χ2v) is 13.8. The Bertz CT molecular complexity index is 1790. The van der Waals surface area contributed by atoms with E-state index in [1.165, 1.54) is 31.6 Å². The zero-order valence-electron chi connectivity index (χ0n) is 27.3. The average molecular weight is 682 g/mol. The zero-order chi connectivity index (χ0) is 35.0. The molecule has 15 heteroatoms. The number of rotatable bonds is 15. The van der Waals surface area contributed by atoms with Crippen LogP contribution in [-0.4, -0.2) is 78.1 Å². The van der Waals surface area contributed by atoms with Crippen molar-refractivity contribution in [3.05, 3.63) is 72.6 Å². The number of carbonyl (C=O) groups excluding carboxylic acids is 1. The highest BCUT2D eigenvalue weighted by Crippen LogP contribution is 2.41. The van der Waals surface area contributed by atoms with Crippen LogP contribution in [0.4, 0.5) is 5.82 Å². The lowest BCUT2D eigenvalue weighted by atomic mass is 9.87. The Labute approximate surface area is 279 Å². The molecule has 0 fully saturated rings. The van der Waals surface area contributed by atoms with E-state index >= 15 is 0 Å². The van der Waals surface area contributed by atoms with Gasteiger partial charge in [-0.1, -0.05) is 52.0 Å². The topological polar surface area (TPSA) is 192 Å². The Morgan fingerprint density at radius 2 is 1.52 bits per heavy atom. The van der Waals surface area contributed by atoms with Crippen LogP contribution in [0.25, 0.3) is 11.6 Å². The number of nitrogens with one attached hydrogen (secondary N) is 1. The minimum Gasteiger partial charge on any atom is -0.493 e. The largest absolute Gasteiger partial charge is 0.493 e. The molecule has 2 aromatic carbocycles. The maximum Gasteiger partial charge on any atom is 0.309 e. The summed E-state index contributed by atoms with van der Waals surface area (Å²) in [5.41, 5.74) is -0.264. The van der Waals surface area contributed by atoms with Crippen LogP contribution in [-0.2, 0) is 25.0 Å². The molecule has 4 rings (SSSR count). The highest BCUT2D eigenvalue weighted by molar-refractivity contribution is 7.92. The SMILES string of the molecule is COc1ccccc1Oc1c(NS(=O)(=O)c2ccc(C(C)(C)C)cc2)nc(-c2ncccn2)nc1OCCC(=O)OCC(C)(CO)CO. The molecule has 0 unspecified atom stereocenters. The fourth-order valence-electron chi connectivity index (χ4n) is 4.04. The summed E-state index contributed by atoms with van der Waals surface area (Å²) in [6.07, 6.45) is 2.67. The first-order valence-electron chi connectivity index (χ1n) is 14.9. The van der Waals surface area contributed by atoms with Gasteiger partial charge in [-0.25, -0.2) is 23.4 Å². The molecule has 14 nitrogen and oxygen atoms in total. The normalized spacial score (nSPS) is 11.9. The molecule has 0 amide bonds. The van der Waals surface area contributed by atoms with Gasteiger partial charge in [0.1, 0.15) is 13.2 Å². The predicted octanol–water partition coefficient (Wildman–Crippen LogP) is 4.14. The highest BCUT2D eigenvalue weighted by Gasteiger charge is 2.28. The third-order valence-corrected chi connectivity index (χ3v) is 8.39. The number of aliphatic hydroxyl groups is 2. The molecular weight excluding hydrogens is 642 g/mol. The van der Waals surface area contributed by atoms with Gasteiger partial charge in [0.05, 0.1) is 31.6 Å². The van der Waals surface area contributed by atoms with Gasteiger partial charge in [-0.3, -0.25) is 9.52 Å². The van der Waals surface area contributed by atoms with Crippen LogP contribution in [0, 0.1) is 5.41 Å². The number of sulfonamides is 1. The fraction of sp³-hybridized carbons (Fsp3) is 0.364. The molecule has 0 aliphatic heterocycles. The van der Waals surface area contributed by atoms with Crippen LogP contribution >= 0.6 is 0 Å². The van der Waals surface area contributed by atoms with E-state index in [1.807, 2.05) is 20.8 Å². The summed E-state index contributed by atoms with van der Waals surface area (Å²) < 4.78 is 52.7. The average Bonchev–Trinajstić information content (AvgIpc) is 3.08. The van der Waals surface area contributed by atoms with Gasteiger partial charge in [0.25, 0.3) is 15.9 Å². The van der Waals surface area contributed by atoms with Crippen LogP contribution in [0.5, 0.6) is 23.1 Å². The molecule has 0 aliphatic carbocycles. The maximum absolute atomic E-state index is 13.7. The molecule has 0 atom stereocenters.